The van der Waals surface area contributed by atoms with Crippen LogP contribution in [0, 0.1) is 5.82 Å². The van der Waals surface area contributed by atoms with Crippen molar-refractivity contribution in [3.8, 4) is 0 Å². The molecule has 0 unspecified atom stereocenters. The molecule has 0 radical (unpaired) electrons. The minimum atomic E-state index is -0.462. The number of benzene rings is 1. The molecule has 0 atom stereocenters. The molecule has 106 valence electrons. The van der Waals surface area contributed by atoms with E-state index in [1.54, 1.807) is 0 Å². The first-order chi connectivity index (χ1) is 8.99. The van der Waals surface area contributed by atoms with Gasteiger partial charge in [-0.05, 0) is 32.0 Å². The maximum absolute atomic E-state index is 13.0. The summed E-state index contributed by atoms with van der Waals surface area (Å²) < 4.78 is 23.3. The first-order valence-corrected chi connectivity index (χ1v) is 6.03. The highest BCUT2D eigenvalue weighted by atomic mass is 19.1. The van der Waals surface area contributed by atoms with Gasteiger partial charge >= 0.3 is 0 Å². The van der Waals surface area contributed by atoms with Crippen molar-refractivity contribution in [3.63, 3.8) is 0 Å². The molecule has 0 spiro atoms. The van der Waals surface area contributed by atoms with Crippen LogP contribution in [0.25, 0.3) is 0 Å². The topological polar surface area (TPSA) is 73.6 Å². The van der Waals surface area contributed by atoms with Crippen LogP contribution in [-0.4, -0.2) is 31.8 Å². The number of amides is 1. The second-order valence-corrected chi connectivity index (χ2v) is 4.25. The molecule has 0 bridgehead atoms. The maximum atomic E-state index is 13.0. The maximum Gasteiger partial charge on any atom is 0.250 e. The van der Waals surface area contributed by atoms with Gasteiger partial charge in [-0.1, -0.05) is 0 Å². The van der Waals surface area contributed by atoms with Gasteiger partial charge in [-0.2, -0.15) is 0 Å². The number of hydrogen-bond donors (Lipinski definition) is 2. The van der Waals surface area contributed by atoms with Gasteiger partial charge in [0.05, 0.1) is 30.7 Å². The molecule has 5 nitrogen and oxygen atoms in total. The van der Waals surface area contributed by atoms with Crippen LogP contribution in [0.4, 0.5) is 15.8 Å². The molecule has 0 saturated carbocycles. The summed E-state index contributed by atoms with van der Waals surface area (Å²) in [5.41, 5.74) is 6.15. The lowest BCUT2D eigenvalue weighted by Gasteiger charge is -2.10. The number of anilines is 2. The lowest BCUT2D eigenvalue weighted by atomic mass is 10.2. The Hall–Kier alpha value is -1.66. The quantitative estimate of drug-likeness (QED) is 0.585. The van der Waals surface area contributed by atoms with Crippen LogP contribution in [0.15, 0.2) is 18.2 Å². The Morgan fingerprint density at radius 1 is 1.42 bits per heavy atom. The van der Waals surface area contributed by atoms with Crippen molar-refractivity contribution in [1.29, 1.82) is 0 Å². The smallest absolute Gasteiger partial charge is 0.250 e. The van der Waals surface area contributed by atoms with Crippen molar-refractivity contribution in [1.82, 2.24) is 0 Å². The van der Waals surface area contributed by atoms with E-state index < -0.39 is 5.82 Å². The highest BCUT2D eigenvalue weighted by molar-refractivity contribution is 5.94. The number of nitrogen functional groups attached to an aromatic ring is 1. The van der Waals surface area contributed by atoms with E-state index in [-0.39, 0.29) is 24.3 Å². The van der Waals surface area contributed by atoms with Crippen molar-refractivity contribution in [3.05, 3.63) is 24.0 Å². The molecule has 1 rings (SSSR count). The molecule has 0 heterocycles. The monoisotopic (exact) mass is 270 g/mol. The van der Waals surface area contributed by atoms with Gasteiger partial charge in [0.2, 0.25) is 5.91 Å². The van der Waals surface area contributed by atoms with Crippen LogP contribution in [-0.2, 0) is 14.3 Å². The van der Waals surface area contributed by atoms with Gasteiger partial charge < -0.3 is 20.5 Å². The zero-order chi connectivity index (χ0) is 14.3. The van der Waals surface area contributed by atoms with Gasteiger partial charge in [-0.15, -0.1) is 0 Å². The number of carbonyl (C=O) groups is 1. The summed E-state index contributed by atoms with van der Waals surface area (Å²) in [6, 6.07) is 3.78. The van der Waals surface area contributed by atoms with Gasteiger partial charge in [0, 0.05) is 0 Å². The Labute approximate surface area is 111 Å². The lowest BCUT2D eigenvalue weighted by molar-refractivity contribution is -0.121. The van der Waals surface area contributed by atoms with E-state index >= 15 is 0 Å². The van der Waals surface area contributed by atoms with E-state index in [9.17, 15) is 9.18 Å². The second kappa shape index (κ2) is 7.70. The van der Waals surface area contributed by atoms with Gasteiger partial charge in [0.15, 0.2) is 0 Å². The third-order valence-corrected chi connectivity index (χ3v) is 2.20. The summed E-state index contributed by atoms with van der Waals surface area (Å²) in [6.07, 6.45) is 0.129. The fourth-order valence-electron chi connectivity index (χ4n) is 1.33. The summed E-state index contributed by atoms with van der Waals surface area (Å²) in [5.74, 6) is -0.849. The summed E-state index contributed by atoms with van der Waals surface area (Å²) in [5, 5.41) is 2.48. The zero-order valence-electron chi connectivity index (χ0n) is 11.1. The Morgan fingerprint density at radius 2 is 2.16 bits per heavy atom. The fourth-order valence-corrected chi connectivity index (χ4v) is 1.33. The largest absolute Gasteiger partial charge is 0.397 e. The van der Waals surface area contributed by atoms with Crippen LogP contribution >= 0.6 is 0 Å². The number of ether oxygens (including phenoxy) is 2. The zero-order valence-corrected chi connectivity index (χ0v) is 11.1. The van der Waals surface area contributed by atoms with Gasteiger partial charge in [0.25, 0.3) is 0 Å². The average molecular weight is 270 g/mol. The molecular formula is C13H19FN2O3. The molecule has 0 aliphatic heterocycles. The molecule has 3 N–H and O–H groups in total. The highest BCUT2D eigenvalue weighted by Gasteiger charge is 2.06. The molecule has 1 aromatic carbocycles. The molecular weight excluding hydrogens is 251 g/mol. The number of nitrogens with two attached hydrogens (primary N) is 1. The third-order valence-electron chi connectivity index (χ3n) is 2.20. The minimum absolute atomic E-state index is 0.128. The van der Waals surface area contributed by atoms with Gasteiger partial charge in [0.1, 0.15) is 12.4 Å². The SMILES string of the molecule is CC(C)OCCOCC(=O)Nc1cc(F)ccc1N. The lowest BCUT2D eigenvalue weighted by Crippen LogP contribution is -2.21. The van der Waals surface area contributed by atoms with Gasteiger partial charge in [-0.3, -0.25) is 4.79 Å². The van der Waals surface area contributed by atoms with Crippen molar-refractivity contribution in [2.75, 3.05) is 30.9 Å². The first-order valence-electron chi connectivity index (χ1n) is 6.03. The normalized spacial score (nSPS) is 10.7. The molecule has 19 heavy (non-hydrogen) atoms. The van der Waals surface area contributed by atoms with Crippen molar-refractivity contribution in [2.24, 2.45) is 0 Å². The molecule has 1 aromatic rings. The molecule has 6 heteroatoms. The summed E-state index contributed by atoms with van der Waals surface area (Å²) in [6.45, 7) is 4.45. The van der Waals surface area contributed by atoms with Crippen LogP contribution in [0.5, 0.6) is 0 Å². The second-order valence-electron chi connectivity index (χ2n) is 4.25. The molecule has 1 amide bonds. The molecule has 0 aliphatic rings. The summed E-state index contributed by atoms with van der Waals surface area (Å²) in [7, 11) is 0. The summed E-state index contributed by atoms with van der Waals surface area (Å²) in [4.78, 5) is 11.5. The van der Waals surface area contributed by atoms with Crippen molar-refractivity contribution < 1.29 is 18.7 Å². The first kappa shape index (κ1) is 15.4. The van der Waals surface area contributed by atoms with Crippen molar-refractivity contribution >= 4 is 17.3 Å². The highest BCUT2D eigenvalue weighted by Crippen LogP contribution is 2.18. The van der Waals surface area contributed by atoms with E-state index in [2.05, 4.69) is 5.32 Å². The van der Waals surface area contributed by atoms with Gasteiger partial charge in [-0.25, -0.2) is 4.39 Å². The Morgan fingerprint density at radius 3 is 2.84 bits per heavy atom. The Balaban J connectivity index is 2.29. The number of hydrogen-bond acceptors (Lipinski definition) is 4. The predicted octanol–water partition coefficient (Wildman–Crippen LogP) is 1.79. The summed E-state index contributed by atoms with van der Waals surface area (Å²) >= 11 is 0. The van der Waals surface area contributed by atoms with E-state index in [1.807, 2.05) is 13.8 Å². The Bertz CT molecular complexity index is 424. The van der Waals surface area contributed by atoms with E-state index in [0.717, 1.165) is 6.07 Å². The van der Waals surface area contributed by atoms with Crippen LogP contribution in [0.1, 0.15) is 13.8 Å². The Kier molecular flexibility index (Phi) is 6.24. The number of carbonyl (C=O) groups excluding carboxylic acids is 1. The number of halogens is 1. The fraction of sp³-hybridized carbons (Fsp3) is 0.462. The molecule has 0 aliphatic carbocycles. The van der Waals surface area contributed by atoms with E-state index in [1.165, 1.54) is 12.1 Å². The van der Waals surface area contributed by atoms with E-state index in [0.29, 0.717) is 18.9 Å². The van der Waals surface area contributed by atoms with E-state index in [4.69, 9.17) is 15.2 Å². The minimum Gasteiger partial charge on any atom is -0.397 e. The molecule has 0 fully saturated rings. The number of nitrogens with one attached hydrogen (secondary N) is 1. The van der Waals surface area contributed by atoms with Crippen LogP contribution in [0.3, 0.4) is 0 Å². The molecule has 0 aromatic heterocycles. The van der Waals surface area contributed by atoms with Crippen LogP contribution in [0.2, 0.25) is 0 Å². The average Bonchev–Trinajstić information content (AvgIpc) is 2.33. The third kappa shape index (κ3) is 6.17. The standard InChI is InChI=1S/C13H19FN2O3/c1-9(2)19-6-5-18-8-13(17)16-12-7-10(14)3-4-11(12)15/h3-4,7,9H,5-6,8,15H2,1-2H3,(H,16,17). The molecule has 0 saturated heterocycles. The van der Waals surface area contributed by atoms with Crippen molar-refractivity contribution in [2.45, 2.75) is 20.0 Å². The van der Waals surface area contributed by atoms with Crippen LogP contribution < -0.4 is 11.1 Å². The predicted molar refractivity (Wildman–Crippen MR) is 71.3 cm³/mol. The number of rotatable bonds is 7.